The lowest BCUT2D eigenvalue weighted by atomic mass is 10.1. The molecule has 3 aromatic rings. The Hall–Kier alpha value is -2.99. The van der Waals surface area contributed by atoms with Crippen molar-refractivity contribution in [2.75, 3.05) is 18.5 Å². The molecule has 1 aliphatic rings. The fraction of sp³-hybridized carbons (Fsp3) is 0.273. The zero-order valence-electron chi connectivity index (χ0n) is 15.9. The van der Waals surface area contributed by atoms with Crippen LogP contribution >= 0.6 is 0 Å². The van der Waals surface area contributed by atoms with Crippen molar-refractivity contribution in [3.8, 4) is 5.75 Å². The van der Waals surface area contributed by atoms with Crippen LogP contribution in [0.4, 0.5) is 16.0 Å². The van der Waals surface area contributed by atoms with Gasteiger partial charge >= 0.3 is 0 Å². The van der Waals surface area contributed by atoms with Crippen molar-refractivity contribution in [2.24, 2.45) is 0 Å². The number of ether oxygens (including phenoxy) is 1. The van der Waals surface area contributed by atoms with Gasteiger partial charge in [-0.2, -0.15) is 0 Å². The van der Waals surface area contributed by atoms with Crippen molar-refractivity contribution in [2.45, 2.75) is 26.4 Å². The number of hydrogen-bond donors (Lipinski definition) is 1. The summed E-state index contributed by atoms with van der Waals surface area (Å²) >= 11 is 0. The molecular weight excluding hydrogens is 355 g/mol. The molecule has 0 amide bonds. The maximum atomic E-state index is 13.8. The van der Waals surface area contributed by atoms with Crippen LogP contribution in [0.1, 0.15) is 23.7 Å². The van der Waals surface area contributed by atoms with E-state index in [0.717, 1.165) is 43.1 Å². The highest BCUT2D eigenvalue weighted by Gasteiger charge is 2.19. The Labute approximate surface area is 164 Å². The molecule has 2 aromatic carbocycles. The predicted octanol–water partition coefficient (Wildman–Crippen LogP) is 4.32. The second-order valence-corrected chi connectivity index (χ2v) is 6.81. The summed E-state index contributed by atoms with van der Waals surface area (Å²) in [5, 5.41) is 2.97. The van der Waals surface area contributed by atoms with Crippen molar-refractivity contribution < 1.29 is 9.13 Å². The highest BCUT2D eigenvalue weighted by atomic mass is 19.1. The molecule has 0 saturated carbocycles. The lowest BCUT2D eigenvalue weighted by Crippen LogP contribution is -2.31. The number of benzene rings is 2. The average Bonchev–Trinajstić information content (AvgIpc) is 2.71. The Balaban J connectivity index is 1.41. The summed E-state index contributed by atoms with van der Waals surface area (Å²) in [7, 11) is 0. The largest absolute Gasteiger partial charge is 0.494 e. The summed E-state index contributed by atoms with van der Waals surface area (Å²) in [6.07, 6.45) is 2.69. The van der Waals surface area contributed by atoms with E-state index in [1.807, 2.05) is 25.3 Å². The zero-order chi connectivity index (χ0) is 19.3. The zero-order valence-corrected chi connectivity index (χ0v) is 15.9. The molecule has 0 bridgehead atoms. The maximum Gasteiger partial charge on any atom is 0.227 e. The van der Waals surface area contributed by atoms with E-state index in [4.69, 9.17) is 4.74 Å². The van der Waals surface area contributed by atoms with Gasteiger partial charge in [-0.3, -0.25) is 4.90 Å². The van der Waals surface area contributed by atoms with E-state index in [1.54, 1.807) is 18.2 Å². The number of halogens is 1. The second-order valence-electron chi connectivity index (χ2n) is 6.81. The van der Waals surface area contributed by atoms with E-state index in [9.17, 15) is 4.39 Å². The molecule has 1 aromatic heterocycles. The third-order valence-electron chi connectivity index (χ3n) is 4.77. The van der Waals surface area contributed by atoms with Crippen LogP contribution in [0.25, 0.3) is 0 Å². The number of fused-ring (bicyclic) bond motifs is 1. The average molecular weight is 378 g/mol. The van der Waals surface area contributed by atoms with Gasteiger partial charge in [0.25, 0.3) is 0 Å². The molecule has 144 valence electrons. The van der Waals surface area contributed by atoms with Gasteiger partial charge in [0, 0.05) is 37.8 Å². The minimum absolute atomic E-state index is 0.314. The number of hydrogen-bond acceptors (Lipinski definition) is 5. The van der Waals surface area contributed by atoms with E-state index < -0.39 is 0 Å². The van der Waals surface area contributed by atoms with Crippen molar-refractivity contribution in [3.63, 3.8) is 0 Å². The number of para-hydroxylation sites is 1. The van der Waals surface area contributed by atoms with E-state index in [2.05, 4.69) is 32.3 Å². The molecule has 6 heteroatoms. The number of anilines is 2. The molecule has 0 radical (unpaired) electrons. The van der Waals surface area contributed by atoms with Crippen LogP contribution in [0, 0.1) is 5.82 Å². The van der Waals surface area contributed by atoms with Gasteiger partial charge < -0.3 is 10.1 Å². The van der Waals surface area contributed by atoms with Crippen LogP contribution in [0.2, 0.25) is 0 Å². The van der Waals surface area contributed by atoms with Gasteiger partial charge in [0.15, 0.2) is 0 Å². The summed E-state index contributed by atoms with van der Waals surface area (Å²) in [5.41, 5.74) is 3.79. The molecule has 2 heterocycles. The summed E-state index contributed by atoms with van der Waals surface area (Å²) in [4.78, 5) is 11.3. The smallest absolute Gasteiger partial charge is 0.227 e. The predicted molar refractivity (Wildman–Crippen MR) is 107 cm³/mol. The standard InChI is InChI=1S/C22H23FN4O/c1-2-28-18-9-7-16(8-10-18)14-27-12-11-20-17(15-27)13-24-22(25-20)26-21-6-4-3-5-19(21)23/h3-10,13H,2,11-12,14-15H2,1H3,(H,24,25,26). The molecular formula is C22H23FN4O. The molecule has 0 atom stereocenters. The lowest BCUT2D eigenvalue weighted by Gasteiger charge is -2.28. The van der Waals surface area contributed by atoms with Crippen LogP contribution in [0.15, 0.2) is 54.7 Å². The summed E-state index contributed by atoms with van der Waals surface area (Å²) in [6.45, 7) is 5.27. The highest BCUT2D eigenvalue weighted by molar-refractivity contribution is 5.54. The summed E-state index contributed by atoms with van der Waals surface area (Å²) < 4.78 is 19.3. The van der Waals surface area contributed by atoms with Gasteiger partial charge in [0.2, 0.25) is 5.95 Å². The van der Waals surface area contributed by atoms with Crippen LogP contribution < -0.4 is 10.1 Å². The van der Waals surface area contributed by atoms with Gasteiger partial charge in [0.05, 0.1) is 18.0 Å². The molecule has 0 aliphatic carbocycles. The van der Waals surface area contributed by atoms with Gasteiger partial charge in [-0.25, -0.2) is 14.4 Å². The number of rotatable bonds is 6. The van der Waals surface area contributed by atoms with Crippen LogP contribution in [0.5, 0.6) is 5.75 Å². The Morgan fingerprint density at radius 2 is 1.96 bits per heavy atom. The Morgan fingerprint density at radius 3 is 2.75 bits per heavy atom. The first-order chi connectivity index (χ1) is 13.7. The van der Waals surface area contributed by atoms with Gasteiger partial charge in [0.1, 0.15) is 11.6 Å². The molecule has 1 aliphatic heterocycles. The van der Waals surface area contributed by atoms with Crippen molar-refractivity contribution in [1.29, 1.82) is 0 Å². The van der Waals surface area contributed by atoms with E-state index >= 15 is 0 Å². The molecule has 0 spiro atoms. The number of aromatic nitrogens is 2. The van der Waals surface area contributed by atoms with Crippen molar-refractivity contribution in [1.82, 2.24) is 14.9 Å². The summed E-state index contributed by atoms with van der Waals surface area (Å²) in [5.74, 6) is 1.02. The monoisotopic (exact) mass is 378 g/mol. The normalized spacial score (nSPS) is 13.8. The molecule has 4 rings (SSSR count). The van der Waals surface area contributed by atoms with Crippen LogP contribution in [0.3, 0.4) is 0 Å². The number of nitrogens with one attached hydrogen (secondary N) is 1. The lowest BCUT2D eigenvalue weighted by molar-refractivity contribution is 0.243. The molecule has 5 nitrogen and oxygen atoms in total. The molecule has 0 unspecified atom stereocenters. The van der Waals surface area contributed by atoms with E-state index in [-0.39, 0.29) is 5.82 Å². The fourth-order valence-electron chi connectivity index (χ4n) is 3.37. The van der Waals surface area contributed by atoms with Crippen LogP contribution in [-0.2, 0) is 19.5 Å². The minimum Gasteiger partial charge on any atom is -0.494 e. The molecule has 28 heavy (non-hydrogen) atoms. The first-order valence-corrected chi connectivity index (χ1v) is 9.51. The number of nitrogens with zero attached hydrogens (tertiary/aromatic N) is 3. The van der Waals surface area contributed by atoms with Gasteiger partial charge in [-0.05, 0) is 36.8 Å². The first kappa shape index (κ1) is 18.4. The fourth-order valence-corrected chi connectivity index (χ4v) is 3.37. The third-order valence-corrected chi connectivity index (χ3v) is 4.77. The second kappa shape index (κ2) is 8.35. The van der Waals surface area contributed by atoms with Crippen LogP contribution in [-0.4, -0.2) is 28.0 Å². The third kappa shape index (κ3) is 4.28. The maximum absolute atomic E-state index is 13.8. The van der Waals surface area contributed by atoms with Crippen molar-refractivity contribution in [3.05, 3.63) is 77.4 Å². The highest BCUT2D eigenvalue weighted by Crippen LogP contribution is 2.22. The topological polar surface area (TPSA) is 50.3 Å². The minimum atomic E-state index is -0.314. The summed E-state index contributed by atoms with van der Waals surface area (Å²) in [6, 6.07) is 14.8. The Kier molecular flexibility index (Phi) is 5.48. The Morgan fingerprint density at radius 1 is 1.14 bits per heavy atom. The first-order valence-electron chi connectivity index (χ1n) is 9.51. The SMILES string of the molecule is CCOc1ccc(CN2CCc3nc(Nc4ccccc4F)ncc3C2)cc1. The van der Waals surface area contributed by atoms with Gasteiger partial charge in [-0.1, -0.05) is 24.3 Å². The van der Waals surface area contributed by atoms with E-state index in [1.165, 1.54) is 11.6 Å². The van der Waals surface area contributed by atoms with E-state index in [0.29, 0.717) is 18.2 Å². The Bertz CT molecular complexity index is 946. The quantitative estimate of drug-likeness (QED) is 0.692. The molecule has 0 saturated heterocycles. The van der Waals surface area contributed by atoms with Crippen molar-refractivity contribution >= 4 is 11.6 Å². The molecule has 0 fully saturated rings. The van der Waals surface area contributed by atoms with Gasteiger partial charge in [-0.15, -0.1) is 0 Å². The molecule has 1 N–H and O–H groups in total.